The summed E-state index contributed by atoms with van der Waals surface area (Å²) in [4.78, 5) is 11.3. The zero-order chi connectivity index (χ0) is 14.8. The summed E-state index contributed by atoms with van der Waals surface area (Å²) in [6.45, 7) is 5.94. The van der Waals surface area contributed by atoms with Crippen LogP contribution < -0.4 is 11.1 Å². The van der Waals surface area contributed by atoms with Crippen LogP contribution in [0, 0.1) is 5.41 Å². The van der Waals surface area contributed by atoms with Crippen molar-refractivity contribution < 1.29 is 4.79 Å². The van der Waals surface area contributed by atoms with E-state index in [1.54, 1.807) is 19.9 Å². The van der Waals surface area contributed by atoms with Crippen LogP contribution in [-0.4, -0.2) is 12.5 Å². The second-order valence-electron chi connectivity index (χ2n) is 5.12. The molecule has 0 spiro atoms. The maximum atomic E-state index is 11.3. The van der Waals surface area contributed by atoms with Gasteiger partial charge in [-0.15, -0.1) is 0 Å². The van der Waals surface area contributed by atoms with Gasteiger partial charge in [-0.1, -0.05) is 40.9 Å². The molecule has 1 atom stereocenters. The number of rotatable bonds is 5. The van der Waals surface area contributed by atoms with Crippen LogP contribution in [0.1, 0.15) is 32.4 Å². The average Bonchev–Trinajstić information content (AvgIpc) is 2.33. The summed E-state index contributed by atoms with van der Waals surface area (Å²) in [5, 5.41) is 4.40. The number of primary amides is 1. The molecule has 0 aliphatic heterocycles. The molecular formula is C13H17Cl3N2O. The molecule has 0 heterocycles. The fourth-order valence-electron chi connectivity index (χ4n) is 1.48. The molecule has 0 saturated heterocycles. The van der Waals surface area contributed by atoms with Gasteiger partial charge in [0.15, 0.2) is 0 Å². The van der Waals surface area contributed by atoms with Gasteiger partial charge in [0.25, 0.3) is 0 Å². The number of hydrogen-bond acceptors (Lipinski definition) is 2. The third-order valence-electron chi connectivity index (χ3n) is 3.05. The minimum atomic E-state index is -0.628. The molecule has 0 radical (unpaired) electrons. The molecule has 0 aromatic heterocycles. The Hall–Kier alpha value is -0.480. The molecule has 19 heavy (non-hydrogen) atoms. The van der Waals surface area contributed by atoms with E-state index in [-0.39, 0.29) is 11.9 Å². The van der Waals surface area contributed by atoms with Crippen molar-refractivity contribution in [2.24, 2.45) is 11.1 Å². The molecule has 1 aromatic carbocycles. The summed E-state index contributed by atoms with van der Waals surface area (Å²) in [6.07, 6.45) is 0. The summed E-state index contributed by atoms with van der Waals surface area (Å²) in [5.74, 6) is -0.354. The largest absolute Gasteiger partial charge is 0.369 e. The summed E-state index contributed by atoms with van der Waals surface area (Å²) in [5.41, 5.74) is 5.53. The third-order valence-corrected chi connectivity index (χ3v) is 4.36. The topological polar surface area (TPSA) is 55.1 Å². The van der Waals surface area contributed by atoms with E-state index in [2.05, 4.69) is 5.32 Å². The maximum Gasteiger partial charge on any atom is 0.224 e. The first-order valence-corrected chi connectivity index (χ1v) is 6.97. The second kappa shape index (κ2) is 6.31. The first-order valence-electron chi connectivity index (χ1n) is 5.83. The van der Waals surface area contributed by atoms with E-state index in [9.17, 15) is 4.79 Å². The summed E-state index contributed by atoms with van der Waals surface area (Å²) in [6, 6.07) is 3.44. The zero-order valence-electron chi connectivity index (χ0n) is 11.1. The Kier molecular flexibility index (Phi) is 5.51. The molecule has 1 amide bonds. The van der Waals surface area contributed by atoms with E-state index >= 15 is 0 Å². The van der Waals surface area contributed by atoms with Gasteiger partial charge >= 0.3 is 0 Å². The first kappa shape index (κ1) is 16.6. The zero-order valence-corrected chi connectivity index (χ0v) is 13.3. The summed E-state index contributed by atoms with van der Waals surface area (Å²) < 4.78 is 0. The Balaban J connectivity index is 2.83. The minimum Gasteiger partial charge on any atom is -0.369 e. The lowest BCUT2D eigenvalue weighted by Gasteiger charge is -2.24. The Morgan fingerprint density at radius 3 is 2.42 bits per heavy atom. The molecule has 1 rings (SSSR count). The molecule has 0 aliphatic rings. The molecule has 0 saturated carbocycles. The van der Waals surface area contributed by atoms with Crippen LogP contribution in [0.25, 0.3) is 0 Å². The highest BCUT2D eigenvalue weighted by molar-refractivity contribution is 6.48. The highest BCUT2D eigenvalue weighted by Crippen LogP contribution is 2.35. The van der Waals surface area contributed by atoms with E-state index in [1.165, 1.54) is 0 Å². The van der Waals surface area contributed by atoms with Gasteiger partial charge in [-0.25, -0.2) is 0 Å². The van der Waals surface area contributed by atoms with Crippen molar-refractivity contribution in [2.75, 3.05) is 6.54 Å². The number of halogens is 3. The van der Waals surface area contributed by atoms with Gasteiger partial charge in [-0.3, -0.25) is 4.79 Å². The van der Waals surface area contributed by atoms with Crippen LogP contribution in [0.2, 0.25) is 15.1 Å². The van der Waals surface area contributed by atoms with Crippen molar-refractivity contribution in [3.8, 4) is 0 Å². The van der Waals surface area contributed by atoms with Gasteiger partial charge in [0, 0.05) is 12.6 Å². The smallest absolute Gasteiger partial charge is 0.224 e. The number of nitrogens with two attached hydrogens (primary N) is 1. The Morgan fingerprint density at radius 2 is 1.89 bits per heavy atom. The number of amides is 1. The standard InChI is InChI=1S/C13H17Cl3N2O/c1-7(18-6-13(2,3)12(17)19)8-4-5-9(14)11(16)10(8)15/h4-5,7,18H,6H2,1-3H3,(H2,17,19). The lowest BCUT2D eigenvalue weighted by atomic mass is 9.92. The predicted octanol–water partition coefficient (Wildman–Crippen LogP) is 3.81. The molecular weight excluding hydrogens is 307 g/mol. The number of hydrogen-bond donors (Lipinski definition) is 2. The van der Waals surface area contributed by atoms with Crippen LogP contribution in [0.4, 0.5) is 0 Å². The van der Waals surface area contributed by atoms with Gasteiger partial charge in [-0.2, -0.15) is 0 Å². The number of carbonyl (C=O) groups excluding carboxylic acids is 1. The number of carbonyl (C=O) groups is 1. The lowest BCUT2D eigenvalue weighted by molar-refractivity contribution is -0.125. The number of nitrogens with one attached hydrogen (secondary N) is 1. The third kappa shape index (κ3) is 3.99. The van der Waals surface area contributed by atoms with Crippen molar-refractivity contribution in [3.63, 3.8) is 0 Å². The normalized spacial score (nSPS) is 13.4. The fourth-order valence-corrected chi connectivity index (χ4v) is 2.19. The Morgan fingerprint density at radius 1 is 1.32 bits per heavy atom. The molecule has 0 fully saturated rings. The van der Waals surface area contributed by atoms with E-state index in [4.69, 9.17) is 40.5 Å². The number of benzene rings is 1. The van der Waals surface area contributed by atoms with Gasteiger partial charge in [-0.05, 0) is 32.4 Å². The van der Waals surface area contributed by atoms with Crippen LogP contribution in [-0.2, 0) is 4.79 Å². The summed E-state index contributed by atoms with van der Waals surface area (Å²) in [7, 11) is 0. The highest BCUT2D eigenvalue weighted by Gasteiger charge is 2.25. The highest BCUT2D eigenvalue weighted by atomic mass is 35.5. The molecule has 1 aromatic rings. The molecule has 6 heteroatoms. The summed E-state index contributed by atoms with van der Waals surface area (Å²) >= 11 is 18.0. The van der Waals surface area contributed by atoms with Crippen LogP contribution in [0.15, 0.2) is 12.1 Å². The predicted molar refractivity (Wildman–Crippen MR) is 80.9 cm³/mol. The molecule has 3 N–H and O–H groups in total. The van der Waals surface area contributed by atoms with Crippen molar-refractivity contribution in [1.82, 2.24) is 5.32 Å². The molecule has 0 bridgehead atoms. The molecule has 0 aliphatic carbocycles. The Bertz CT molecular complexity index is 489. The van der Waals surface area contributed by atoms with Crippen LogP contribution in [0.5, 0.6) is 0 Å². The second-order valence-corrected chi connectivity index (χ2v) is 6.28. The SMILES string of the molecule is CC(NCC(C)(C)C(N)=O)c1ccc(Cl)c(Cl)c1Cl. The van der Waals surface area contributed by atoms with Gasteiger partial charge in [0.05, 0.1) is 20.5 Å². The molecule has 3 nitrogen and oxygen atoms in total. The van der Waals surface area contributed by atoms with Gasteiger partial charge in [0.2, 0.25) is 5.91 Å². The Labute approximate surface area is 128 Å². The monoisotopic (exact) mass is 322 g/mol. The quantitative estimate of drug-likeness (QED) is 0.810. The van der Waals surface area contributed by atoms with Crippen molar-refractivity contribution in [2.45, 2.75) is 26.8 Å². The molecule has 106 valence electrons. The van der Waals surface area contributed by atoms with Crippen molar-refractivity contribution in [3.05, 3.63) is 32.8 Å². The molecule has 1 unspecified atom stereocenters. The van der Waals surface area contributed by atoms with Crippen LogP contribution in [0.3, 0.4) is 0 Å². The van der Waals surface area contributed by atoms with E-state index in [0.29, 0.717) is 21.6 Å². The fraction of sp³-hybridized carbons (Fsp3) is 0.462. The maximum absolute atomic E-state index is 11.3. The van der Waals surface area contributed by atoms with Crippen molar-refractivity contribution in [1.29, 1.82) is 0 Å². The van der Waals surface area contributed by atoms with Crippen LogP contribution >= 0.6 is 34.8 Å². The van der Waals surface area contributed by atoms with E-state index < -0.39 is 5.41 Å². The minimum absolute atomic E-state index is 0.0686. The van der Waals surface area contributed by atoms with E-state index in [1.807, 2.05) is 13.0 Å². The van der Waals surface area contributed by atoms with Crippen molar-refractivity contribution >= 4 is 40.7 Å². The van der Waals surface area contributed by atoms with E-state index in [0.717, 1.165) is 5.56 Å². The average molecular weight is 324 g/mol. The lowest BCUT2D eigenvalue weighted by Crippen LogP contribution is -2.41. The van der Waals surface area contributed by atoms with Gasteiger partial charge < -0.3 is 11.1 Å². The van der Waals surface area contributed by atoms with Gasteiger partial charge in [0.1, 0.15) is 0 Å². The first-order chi connectivity index (χ1) is 8.66.